The highest BCUT2D eigenvalue weighted by Gasteiger charge is 2.33. The maximum absolute atomic E-state index is 13.0. The molecule has 3 rings (SSSR count). The Morgan fingerprint density at radius 1 is 0.889 bits per heavy atom. The maximum Gasteiger partial charge on any atom is 0.432 e. The zero-order chi connectivity index (χ0) is 26.5. The predicted octanol–water partition coefficient (Wildman–Crippen LogP) is 7.32. The van der Waals surface area contributed by atoms with E-state index in [1.165, 1.54) is 42.5 Å². The third kappa shape index (κ3) is 7.11. The fourth-order valence-electron chi connectivity index (χ4n) is 3.07. The van der Waals surface area contributed by atoms with Crippen molar-refractivity contribution in [3.8, 4) is 0 Å². The number of hydrogen-bond donors (Lipinski definition) is 3. The number of alkyl halides is 6. The molecule has 3 N–H and O–H groups in total. The Labute approximate surface area is 207 Å². The van der Waals surface area contributed by atoms with Gasteiger partial charge >= 0.3 is 12.4 Å². The average molecular weight is 526 g/mol. The number of rotatable bonds is 7. The van der Waals surface area contributed by atoms with Crippen molar-refractivity contribution in [2.75, 3.05) is 5.32 Å². The van der Waals surface area contributed by atoms with Crippen molar-refractivity contribution in [1.82, 2.24) is 5.32 Å². The highest BCUT2D eigenvalue weighted by molar-refractivity contribution is 6.33. The summed E-state index contributed by atoms with van der Waals surface area (Å²) < 4.78 is 77.5. The molecular formula is C25H18ClF6N3O. The van der Waals surface area contributed by atoms with Crippen molar-refractivity contribution in [3.63, 3.8) is 0 Å². The first-order valence-electron chi connectivity index (χ1n) is 10.3. The van der Waals surface area contributed by atoms with E-state index in [0.717, 1.165) is 12.1 Å². The fourth-order valence-corrected chi connectivity index (χ4v) is 3.25. The molecule has 1 amide bonds. The first kappa shape index (κ1) is 26.8. The van der Waals surface area contributed by atoms with E-state index in [1.54, 1.807) is 18.2 Å². The van der Waals surface area contributed by atoms with Gasteiger partial charge in [0.25, 0.3) is 5.91 Å². The van der Waals surface area contributed by atoms with Gasteiger partial charge in [0.05, 0.1) is 16.3 Å². The first-order chi connectivity index (χ1) is 16.8. The minimum absolute atomic E-state index is 0.0821. The van der Waals surface area contributed by atoms with E-state index in [1.807, 2.05) is 0 Å². The lowest BCUT2D eigenvalue weighted by Crippen LogP contribution is -2.23. The molecular weight excluding hydrogens is 508 g/mol. The van der Waals surface area contributed by atoms with Crippen molar-refractivity contribution in [2.24, 2.45) is 0 Å². The summed E-state index contributed by atoms with van der Waals surface area (Å²) in [5, 5.41) is 12.9. The van der Waals surface area contributed by atoms with E-state index in [4.69, 9.17) is 17.0 Å². The summed E-state index contributed by atoms with van der Waals surface area (Å²) in [7, 11) is 0. The van der Waals surface area contributed by atoms with E-state index in [-0.39, 0.29) is 34.0 Å². The molecule has 0 aliphatic rings. The Kier molecular flexibility index (Phi) is 8.09. The van der Waals surface area contributed by atoms with Crippen molar-refractivity contribution in [3.05, 3.63) is 106 Å². The lowest BCUT2D eigenvalue weighted by Gasteiger charge is -2.15. The molecule has 11 heteroatoms. The molecule has 0 aliphatic carbocycles. The van der Waals surface area contributed by atoms with Crippen LogP contribution < -0.4 is 10.6 Å². The molecule has 0 saturated carbocycles. The quantitative estimate of drug-likeness (QED) is 0.223. The highest BCUT2D eigenvalue weighted by atomic mass is 35.5. The van der Waals surface area contributed by atoms with Crippen molar-refractivity contribution < 1.29 is 31.1 Å². The zero-order valence-corrected chi connectivity index (χ0v) is 19.0. The van der Waals surface area contributed by atoms with Gasteiger partial charge in [-0.25, -0.2) is 0 Å². The number of amides is 1. The van der Waals surface area contributed by atoms with Gasteiger partial charge in [0.1, 0.15) is 5.71 Å². The van der Waals surface area contributed by atoms with Crippen LogP contribution in [0, 0.1) is 5.41 Å². The second kappa shape index (κ2) is 10.9. The van der Waals surface area contributed by atoms with Crippen LogP contribution in [-0.2, 0) is 12.7 Å². The molecule has 4 nitrogen and oxygen atoms in total. The summed E-state index contributed by atoms with van der Waals surface area (Å²) in [5.41, 5.74) is -1.60. The molecule has 0 heterocycles. The monoisotopic (exact) mass is 525 g/mol. The molecule has 0 radical (unpaired) electrons. The molecule has 36 heavy (non-hydrogen) atoms. The number of para-hydroxylation sites is 1. The van der Waals surface area contributed by atoms with Crippen molar-refractivity contribution in [2.45, 2.75) is 18.9 Å². The summed E-state index contributed by atoms with van der Waals surface area (Å²) in [6.45, 7) is -0.160. The summed E-state index contributed by atoms with van der Waals surface area (Å²) in [4.78, 5) is 12.5. The molecule has 3 aromatic rings. The van der Waals surface area contributed by atoms with Gasteiger partial charge in [-0.05, 0) is 53.6 Å². The molecule has 188 valence electrons. The molecule has 0 saturated heterocycles. The molecule has 0 aliphatic heterocycles. The average Bonchev–Trinajstić information content (AvgIpc) is 2.82. The minimum Gasteiger partial charge on any atom is -0.354 e. The van der Waals surface area contributed by atoms with Crippen LogP contribution in [0.5, 0.6) is 0 Å². The smallest absolute Gasteiger partial charge is 0.354 e. The number of anilines is 1. The minimum atomic E-state index is -4.88. The van der Waals surface area contributed by atoms with Crippen LogP contribution in [0.3, 0.4) is 0 Å². The van der Waals surface area contributed by atoms with Gasteiger partial charge in [-0.2, -0.15) is 26.3 Å². The van der Waals surface area contributed by atoms with Crippen LogP contribution in [0.15, 0.2) is 78.9 Å². The van der Waals surface area contributed by atoms with Gasteiger partial charge in [0, 0.05) is 17.8 Å². The molecule has 0 fully saturated rings. The molecule has 0 aromatic heterocycles. The van der Waals surface area contributed by atoms with E-state index >= 15 is 0 Å². The van der Waals surface area contributed by atoms with Crippen LogP contribution in [0.1, 0.15) is 27.0 Å². The second-order valence-corrected chi connectivity index (χ2v) is 7.94. The SMILES string of the molecule is N=C(/C=C(\Nc1ccccc1Cl)c1ccc(C(=O)NCc2cccc(C(F)(F)F)c2)cc1)C(F)(F)F. The largest absolute Gasteiger partial charge is 0.432 e. The Balaban J connectivity index is 1.79. The standard InChI is InChI=1S/C25H18ClF6N3O/c26-19-6-1-2-7-20(19)35-21(13-22(33)25(30,31)32)16-8-10-17(11-9-16)23(36)34-14-15-4-3-5-18(12-15)24(27,28)29/h1-13,33,35H,14H2,(H,34,36)/b21-13-,33-22?. The van der Waals surface area contributed by atoms with Gasteiger partial charge in [0.2, 0.25) is 0 Å². The molecule has 3 aromatic carbocycles. The Bertz CT molecular complexity index is 1280. The van der Waals surface area contributed by atoms with Crippen LogP contribution >= 0.6 is 11.6 Å². The lowest BCUT2D eigenvalue weighted by molar-refractivity contribution is -0.137. The van der Waals surface area contributed by atoms with Crippen LogP contribution in [0.2, 0.25) is 5.02 Å². The van der Waals surface area contributed by atoms with E-state index in [0.29, 0.717) is 11.8 Å². The molecule has 0 unspecified atom stereocenters. The van der Waals surface area contributed by atoms with Gasteiger partial charge < -0.3 is 10.6 Å². The number of carbonyl (C=O) groups is 1. The predicted molar refractivity (Wildman–Crippen MR) is 126 cm³/mol. The first-order valence-corrected chi connectivity index (χ1v) is 10.7. The summed E-state index contributed by atoms with van der Waals surface area (Å²) in [6, 6.07) is 16.3. The van der Waals surface area contributed by atoms with Crippen molar-refractivity contribution in [1.29, 1.82) is 5.41 Å². The fraction of sp³-hybridized carbons (Fsp3) is 0.120. The third-order valence-corrected chi connectivity index (χ3v) is 5.23. The third-order valence-electron chi connectivity index (χ3n) is 4.90. The van der Waals surface area contributed by atoms with Crippen LogP contribution in [-0.4, -0.2) is 17.8 Å². The molecule has 0 bridgehead atoms. The Hall–Kier alpha value is -3.79. The number of allylic oxidation sites excluding steroid dienone is 1. The van der Waals surface area contributed by atoms with Gasteiger partial charge in [-0.15, -0.1) is 0 Å². The van der Waals surface area contributed by atoms with E-state index < -0.39 is 29.5 Å². The Morgan fingerprint density at radius 3 is 2.14 bits per heavy atom. The molecule has 0 atom stereocenters. The molecule has 0 spiro atoms. The van der Waals surface area contributed by atoms with E-state index in [9.17, 15) is 31.1 Å². The second-order valence-electron chi connectivity index (χ2n) is 7.53. The van der Waals surface area contributed by atoms with Crippen LogP contribution in [0.4, 0.5) is 32.0 Å². The number of hydrogen-bond acceptors (Lipinski definition) is 3. The van der Waals surface area contributed by atoms with E-state index in [2.05, 4.69) is 10.6 Å². The zero-order valence-electron chi connectivity index (χ0n) is 18.3. The Morgan fingerprint density at radius 2 is 1.53 bits per heavy atom. The van der Waals surface area contributed by atoms with Crippen molar-refractivity contribution >= 4 is 34.6 Å². The maximum atomic E-state index is 13.0. The topological polar surface area (TPSA) is 65.0 Å². The van der Waals surface area contributed by atoms with Gasteiger partial charge in [0.15, 0.2) is 0 Å². The number of halogens is 7. The number of nitrogens with one attached hydrogen (secondary N) is 3. The summed E-state index contributed by atoms with van der Waals surface area (Å²) in [5.74, 6) is -0.591. The highest BCUT2D eigenvalue weighted by Crippen LogP contribution is 2.30. The van der Waals surface area contributed by atoms with Crippen LogP contribution in [0.25, 0.3) is 5.70 Å². The lowest BCUT2D eigenvalue weighted by atomic mass is 10.1. The normalized spacial score (nSPS) is 12.2. The summed E-state index contributed by atoms with van der Waals surface area (Å²) >= 11 is 6.09. The summed E-state index contributed by atoms with van der Waals surface area (Å²) in [6.07, 6.45) is -8.79. The van der Waals surface area contributed by atoms with Gasteiger partial charge in [-0.1, -0.05) is 48.0 Å². The van der Waals surface area contributed by atoms with Gasteiger partial charge in [-0.3, -0.25) is 10.2 Å². The number of benzene rings is 3. The number of carbonyl (C=O) groups excluding carboxylic acids is 1.